The number of rotatable bonds is 13. The third-order valence-electron chi connectivity index (χ3n) is 7.99. The number of hydrogen-bond acceptors (Lipinski definition) is 15. The summed E-state index contributed by atoms with van der Waals surface area (Å²) in [6.07, 6.45) is -15.6. The second kappa shape index (κ2) is 15.7. The van der Waals surface area contributed by atoms with Crippen LogP contribution in [0.1, 0.15) is 19.8 Å². The van der Waals surface area contributed by atoms with Crippen molar-refractivity contribution in [2.24, 2.45) is 5.92 Å². The highest BCUT2D eigenvalue weighted by atomic mass is 16.6. The van der Waals surface area contributed by atoms with Gasteiger partial charge in [-0.25, -0.2) is 0 Å². The van der Waals surface area contributed by atoms with E-state index in [4.69, 9.17) is 28.4 Å². The first kappa shape index (κ1) is 33.9. The summed E-state index contributed by atoms with van der Waals surface area (Å²) in [7, 11) is 1.40. The number of aliphatic hydroxyl groups is 9. The number of aliphatic hydroxyl groups excluding tert-OH is 9. The molecule has 3 fully saturated rings. The molecule has 15 heteroatoms. The van der Waals surface area contributed by atoms with Crippen LogP contribution in [0.2, 0.25) is 0 Å². The third-order valence-corrected chi connectivity index (χ3v) is 7.99. The molecule has 0 aromatic rings. The van der Waals surface area contributed by atoms with E-state index in [0.717, 1.165) is 0 Å². The van der Waals surface area contributed by atoms with Crippen LogP contribution in [-0.2, 0) is 28.4 Å². The van der Waals surface area contributed by atoms with Gasteiger partial charge in [0.15, 0.2) is 0 Å². The Morgan fingerprint density at radius 3 is 1.48 bits per heavy atom. The van der Waals surface area contributed by atoms with Gasteiger partial charge in [0.1, 0.15) is 67.1 Å². The fraction of sp³-hybridized carbons (Fsp3) is 1.00. The minimum Gasteiger partial charge on any atom is -0.394 e. The molecule has 0 amide bonds. The van der Waals surface area contributed by atoms with Crippen molar-refractivity contribution in [3.05, 3.63) is 0 Å². The molecule has 3 aliphatic heterocycles. The SMILES string of the molecule is CC[C@H]1C(O)[C@H](COCCC2O[C@@H](COCC3O[C@@H](COC)C(O)[C@H](O)[C@@H]3O)C(O)[C@H](O)[C@@H]2O)OC(CO)[C@H]1O. The van der Waals surface area contributed by atoms with Crippen LogP contribution in [-0.4, -0.2) is 178 Å². The van der Waals surface area contributed by atoms with Crippen LogP contribution in [0, 0.1) is 5.92 Å². The molecule has 3 heterocycles. The molecule has 3 rings (SSSR count). The molecule has 9 N–H and O–H groups in total. The molecule has 0 aromatic heterocycles. The van der Waals surface area contributed by atoms with E-state index in [1.807, 2.05) is 6.92 Å². The van der Waals surface area contributed by atoms with Crippen LogP contribution in [0.15, 0.2) is 0 Å². The molecule has 15 nitrogen and oxygen atoms in total. The second-order valence-corrected chi connectivity index (χ2v) is 10.7. The molecule has 0 radical (unpaired) electrons. The van der Waals surface area contributed by atoms with Gasteiger partial charge >= 0.3 is 0 Å². The summed E-state index contributed by atoms with van der Waals surface area (Å²) in [6.45, 7) is 0.910. The van der Waals surface area contributed by atoms with Crippen LogP contribution in [0.5, 0.6) is 0 Å². The van der Waals surface area contributed by atoms with Crippen molar-refractivity contribution >= 4 is 0 Å². The van der Waals surface area contributed by atoms with Gasteiger partial charge in [0.05, 0.1) is 51.3 Å². The summed E-state index contributed by atoms with van der Waals surface area (Å²) in [5.41, 5.74) is 0. The normalized spacial score (nSPS) is 46.4. The van der Waals surface area contributed by atoms with Gasteiger partial charge in [-0.3, -0.25) is 0 Å². The maximum atomic E-state index is 10.5. The van der Waals surface area contributed by atoms with Crippen molar-refractivity contribution in [2.45, 2.75) is 105 Å². The van der Waals surface area contributed by atoms with E-state index in [1.165, 1.54) is 7.11 Å². The lowest BCUT2D eigenvalue weighted by Gasteiger charge is -2.42. The van der Waals surface area contributed by atoms with Gasteiger partial charge in [-0.1, -0.05) is 6.92 Å². The molecule has 0 spiro atoms. The lowest BCUT2D eigenvalue weighted by molar-refractivity contribution is -0.254. The van der Waals surface area contributed by atoms with E-state index in [-0.39, 0.29) is 39.5 Å². The van der Waals surface area contributed by atoms with Crippen molar-refractivity contribution < 1.29 is 74.4 Å². The van der Waals surface area contributed by atoms with Gasteiger partial charge in [0, 0.05) is 19.6 Å². The molecule has 0 aliphatic carbocycles. The van der Waals surface area contributed by atoms with Gasteiger partial charge in [-0.15, -0.1) is 0 Å². The largest absolute Gasteiger partial charge is 0.394 e. The van der Waals surface area contributed by atoms with Crippen LogP contribution in [0.3, 0.4) is 0 Å². The van der Waals surface area contributed by atoms with E-state index in [2.05, 4.69) is 0 Å². The summed E-state index contributed by atoms with van der Waals surface area (Å²) in [5.74, 6) is -0.486. The van der Waals surface area contributed by atoms with Crippen molar-refractivity contribution in [2.75, 3.05) is 46.8 Å². The van der Waals surface area contributed by atoms with E-state index >= 15 is 0 Å². The van der Waals surface area contributed by atoms with Gasteiger partial charge in [0.25, 0.3) is 0 Å². The maximum absolute atomic E-state index is 10.5. The highest BCUT2D eigenvalue weighted by Crippen LogP contribution is 2.29. The first-order chi connectivity index (χ1) is 19.0. The highest BCUT2D eigenvalue weighted by molar-refractivity contribution is 4.94. The van der Waals surface area contributed by atoms with Gasteiger partial charge < -0.3 is 74.4 Å². The summed E-state index contributed by atoms with van der Waals surface area (Å²) in [5, 5.41) is 91.7. The average molecular weight is 587 g/mol. The molecule has 0 bridgehead atoms. The second-order valence-electron chi connectivity index (χ2n) is 10.7. The number of hydrogen-bond donors (Lipinski definition) is 9. The predicted molar refractivity (Wildman–Crippen MR) is 133 cm³/mol. The molecule has 40 heavy (non-hydrogen) atoms. The Hall–Kier alpha value is -0.600. The van der Waals surface area contributed by atoms with Gasteiger partial charge in [-0.05, 0) is 12.8 Å². The maximum Gasteiger partial charge on any atom is 0.111 e. The zero-order valence-corrected chi connectivity index (χ0v) is 22.8. The minimum absolute atomic E-state index is 0.0191. The van der Waals surface area contributed by atoms with Crippen molar-refractivity contribution in [1.82, 2.24) is 0 Å². The van der Waals surface area contributed by atoms with Crippen LogP contribution in [0.4, 0.5) is 0 Å². The van der Waals surface area contributed by atoms with E-state index in [0.29, 0.717) is 6.42 Å². The summed E-state index contributed by atoms with van der Waals surface area (Å²) in [6, 6.07) is 0. The monoisotopic (exact) mass is 586 g/mol. The summed E-state index contributed by atoms with van der Waals surface area (Å²) in [4.78, 5) is 0. The van der Waals surface area contributed by atoms with E-state index < -0.39 is 98.0 Å². The van der Waals surface area contributed by atoms with Crippen molar-refractivity contribution in [3.63, 3.8) is 0 Å². The summed E-state index contributed by atoms with van der Waals surface area (Å²) >= 11 is 0. The molecule has 15 atom stereocenters. The van der Waals surface area contributed by atoms with Crippen molar-refractivity contribution in [1.29, 1.82) is 0 Å². The van der Waals surface area contributed by atoms with Gasteiger partial charge in [-0.2, -0.15) is 0 Å². The highest BCUT2D eigenvalue weighted by Gasteiger charge is 2.46. The Morgan fingerprint density at radius 2 is 0.950 bits per heavy atom. The number of ether oxygens (including phenoxy) is 6. The first-order valence-electron chi connectivity index (χ1n) is 13.7. The molecule has 0 saturated carbocycles. The molecule has 3 aliphatic rings. The third kappa shape index (κ3) is 7.86. The number of methoxy groups -OCH3 is 1. The van der Waals surface area contributed by atoms with Crippen LogP contribution in [0.25, 0.3) is 0 Å². The fourth-order valence-electron chi connectivity index (χ4n) is 5.48. The fourth-order valence-corrected chi connectivity index (χ4v) is 5.48. The van der Waals surface area contributed by atoms with Crippen LogP contribution >= 0.6 is 0 Å². The Balaban J connectivity index is 1.47. The Kier molecular flexibility index (Phi) is 13.3. The van der Waals surface area contributed by atoms with E-state index in [1.54, 1.807) is 0 Å². The molecular weight excluding hydrogens is 540 g/mol. The topological polar surface area (TPSA) is 237 Å². The molecule has 0 aromatic carbocycles. The van der Waals surface area contributed by atoms with Gasteiger partial charge in [0.2, 0.25) is 0 Å². The first-order valence-corrected chi connectivity index (χ1v) is 13.7. The zero-order valence-electron chi connectivity index (χ0n) is 22.8. The molecule has 6 unspecified atom stereocenters. The Bertz CT molecular complexity index is 732. The van der Waals surface area contributed by atoms with E-state index in [9.17, 15) is 46.0 Å². The Morgan fingerprint density at radius 1 is 0.525 bits per heavy atom. The summed E-state index contributed by atoms with van der Waals surface area (Å²) < 4.78 is 33.1. The Labute approximate surface area is 232 Å². The van der Waals surface area contributed by atoms with Crippen molar-refractivity contribution in [3.8, 4) is 0 Å². The van der Waals surface area contributed by atoms with Crippen LogP contribution < -0.4 is 0 Å². The predicted octanol–water partition coefficient (Wildman–Crippen LogP) is -4.74. The zero-order chi connectivity index (χ0) is 29.6. The lowest BCUT2D eigenvalue weighted by Crippen LogP contribution is -2.60. The quantitative estimate of drug-likeness (QED) is 0.0921. The minimum atomic E-state index is -1.53. The average Bonchev–Trinajstić information content (AvgIpc) is 2.94. The smallest absolute Gasteiger partial charge is 0.111 e. The lowest BCUT2D eigenvalue weighted by atomic mass is 9.84. The molecule has 236 valence electrons. The standard InChI is InChI=1S/C25H46O15/c1-3-11-18(27)13(6-26)39-15(19(11)28)8-36-5-4-12-20(29)24(33)22(31)16(38-12)9-37-10-17-23(32)25(34)21(30)14(40-17)7-35-2/h11-34H,3-10H2,1-2H3/t11-,12?,13?,14+,15+,16+,17?,18+,19?,20-,21?,22?,23-,24-,25+/m1/s1. The molecular formula is C25H46O15. The molecule has 3 saturated heterocycles.